The molecule has 2 aliphatic rings. The number of hydrogen-bond acceptors (Lipinski definition) is 2. The summed E-state index contributed by atoms with van der Waals surface area (Å²) in [6.07, 6.45) is -1.82. The van der Waals surface area contributed by atoms with E-state index in [1.165, 1.54) is 17.0 Å². The minimum absolute atomic E-state index is 0.186. The van der Waals surface area contributed by atoms with E-state index >= 15 is 0 Å². The SMILES string of the molecule is CN(C(=O)[C@H]1C[C@H]1c1ccccc1C(F)(F)F)C1(C#N)CCC1. The molecule has 122 valence electrons. The van der Waals surface area contributed by atoms with Gasteiger partial charge in [-0.1, -0.05) is 18.2 Å². The molecular formula is C17H17F3N2O. The molecule has 2 atom stereocenters. The zero-order valence-corrected chi connectivity index (χ0v) is 12.7. The van der Waals surface area contributed by atoms with Crippen LogP contribution in [0.3, 0.4) is 0 Å². The quantitative estimate of drug-likeness (QED) is 0.851. The first kappa shape index (κ1) is 15.9. The number of rotatable bonds is 3. The number of halogens is 3. The van der Waals surface area contributed by atoms with Crippen LogP contribution >= 0.6 is 0 Å². The van der Waals surface area contributed by atoms with Crippen molar-refractivity contribution < 1.29 is 18.0 Å². The predicted octanol–water partition coefficient (Wildman–Crippen LogP) is 3.71. The van der Waals surface area contributed by atoms with Gasteiger partial charge in [-0.2, -0.15) is 18.4 Å². The van der Waals surface area contributed by atoms with E-state index < -0.39 is 29.1 Å². The molecule has 0 aromatic heterocycles. The first-order valence-corrected chi connectivity index (χ1v) is 7.65. The van der Waals surface area contributed by atoms with Crippen molar-refractivity contribution in [1.29, 1.82) is 5.26 Å². The Morgan fingerprint density at radius 2 is 2.00 bits per heavy atom. The second kappa shape index (κ2) is 5.26. The highest BCUT2D eigenvalue weighted by Crippen LogP contribution is 2.52. The van der Waals surface area contributed by atoms with Crippen LogP contribution in [0.2, 0.25) is 0 Å². The second-order valence-corrected chi connectivity index (χ2v) is 6.43. The molecule has 0 unspecified atom stereocenters. The molecule has 1 aromatic rings. The van der Waals surface area contributed by atoms with Crippen molar-refractivity contribution in [3.8, 4) is 6.07 Å². The average molecular weight is 322 g/mol. The maximum atomic E-state index is 13.1. The molecule has 2 aliphatic carbocycles. The van der Waals surface area contributed by atoms with Crippen molar-refractivity contribution in [3.05, 3.63) is 35.4 Å². The minimum atomic E-state index is -4.42. The molecule has 23 heavy (non-hydrogen) atoms. The monoisotopic (exact) mass is 322 g/mol. The second-order valence-electron chi connectivity index (χ2n) is 6.43. The Bertz CT molecular complexity index is 673. The number of alkyl halides is 3. The fraction of sp³-hybridized carbons (Fsp3) is 0.529. The van der Waals surface area contributed by atoms with E-state index in [0.29, 0.717) is 19.3 Å². The number of carbonyl (C=O) groups excluding carboxylic acids is 1. The number of amides is 1. The van der Waals surface area contributed by atoms with Crippen LogP contribution in [0.25, 0.3) is 0 Å². The number of nitrogens with zero attached hydrogens (tertiary/aromatic N) is 2. The highest BCUT2D eigenvalue weighted by molar-refractivity contribution is 5.84. The van der Waals surface area contributed by atoms with Gasteiger partial charge in [-0.05, 0) is 43.2 Å². The van der Waals surface area contributed by atoms with Gasteiger partial charge < -0.3 is 4.90 Å². The summed E-state index contributed by atoms with van der Waals surface area (Å²) >= 11 is 0. The smallest absolute Gasteiger partial charge is 0.327 e. The Morgan fingerprint density at radius 1 is 1.35 bits per heavy atom. The number of carbonyl (C=O) groups is 1. The van der Waals surface area contributed by atoms with Gasteiger partial charge in [0.15, 0.2) is 0 Å². The van der Waals surface area contributed by atoms with Gasteiger partial charge in [0, 0.05) is 13.0 Å². The van der Waals surface area contributed by atoms with Crippen molar-refractivity contribution in [2.45, 2.75) is 43.3 Å². The van der Waals surface area contributed by atoms with Crippen molar-refractivity contribution >= 4 is 5.91 Å². The van der Waals surface area contributed by atoms with Crippen molar-refractivity contribution in [3.63, 3.8) is 0 Å². The normalized spacial score (nSPS) is 25.2. The topological polar surface area (TPSA) is 44.1 Å². The third kappa shape index (κ3) is 2.58. The average Bonchev–Trinajstić information content (AvgIpc) is 3.25. The maximum Gasteiger partial charge on any atom is 0.416 e. The molecule has 3 nitrogen and oxygen atoms in total. The van der Waals surface area contributed by atoms with Crippen molar-refractivity contribution in [2.75, 3.05) is 7.05 Å². The van der Waals surface area contributed by atoms with Crippen LogP contribution in [0.15, 0.2) is 24.3 Å². The first-order chi connectivity index (χ1) is 10.8. The molecule has 1 aromatic carbocycles. The Hall–Kier alpha value is -2.03. The standard InChI is InChI=1S/C17H17F3N2O/c1-22(16(10-21)7-4-8-16)15(23)13-9-12(13)11-5-2-3-6-14(11)17(18,19)20/h2-3,5-6,12-13H,4,7-9H2,1H3/t12-,13-/m0/s1. The molecule has 2 fully saturated rings. The van der Waals surface area contributed by atoms with Crippen LogP contribution in [0, 0.1) is 17.2 Å². The van der Waals surface area contributed by atoms with Crippen molar-refractivity contribution in [2.24, 2.45) is 5.92 Å². The van der Waals surface area contributed by atoms with Gasteiger partial charge in [-0.3, -0.25) is 4.79 Å². The number of hydrogen-bond donors (Lipinski definition) is 0. The fourth-order valence-corrected chi connectivity index (χ4v) is 3.38. The highest BCUT2D eigenvalue weighted by atomic mass is 19.4. The number of nitriles is 1. The first-order valence-electron chi connectivity index (χ1n) is 7.65. The van der Waals surface area contributed by atoms with Crippen LogP contribution in [0.1, 0.15) is 42.7 Å². The summed E-state index contributed by atoms with van der Waals surface area (Å²) in [7, 11) is 1.59. The lowest BCUT2D eigenvalue weighted by Crippen LogP contribution is -2.53. The van der Waals surface area contributed by atoms with Crippen LogP contribution in [0.4, 0.5) is 13.2 Å². The molecule has 0 bridgehead atoms. The molecule has 0 saturated heterocycles. The van der Waals surface area contributed by atoms with E-state index in [1.54, 1.807) is 13.1 Å². The summed E-state index contributed by atoms with van der Waals surface area (Å²) in [4.78, 5) is 14.0. The summed E-state index contributed by atoms with van der Waals surface area (Å²) in [6, 6.07) is 7.62. The molecule has 0 spiro atoms. The van der Waals surface area contributed by atoms with Crippen LogP contribution < -0.4 is 0 Å². The molecule has 3 rings (SSSR count). The molecule has 1 amide bonds. The largest absolute Gasteiger partial charge is 0.416 e. The Balaban J connectivity index is 1.78. The van der Waals surface area contributed by atoms with Crippen LogP contribution in [-0.4, -0.2) is 23.4 Å². The molecule has 2 saturated carbocycles. The molecule has 6 heteroatoms. The van der Waals surface area contributed by atoms with E-state index in [9.17, 15) is 23.2 Å². The molecular weight excluding hydrogens is 305 g/mol. The minimum Gasteiger partial charge on any atom is -0.327 e. The van der Waals surface area contributed by atoms with Gasteiger partial charge in [-0.15, -0.1) is 0 Å². The lowest BCUT2D eigenvalue weighted by Gasteiger charge is -2.43. The van der Waals surface area contributed by atoms with E-state index in [4.69, 9.17) is 0 Å². The third-order valence-electron chi connectivity index (χ3n) is 5.13. The third-order valence-corrected chi connectivity index (χ3v) is 5.13. The summed E-state index contributed by atoms with van der Waals surface area (Å²) < 4.78 is 39.3. The zero-order chi connectivity index (χ0) is 16.8. The van der Waals surface area contributed by atoms with Gasteiger partial charge in [-0.25, -0.2) is 0 Å². The van der Waals surface area contributed by atoms with E-state index in [-0.39, 0.29) is 11.5 Å². The Morgan fingerprint density at radius 3 is 2.52 bits per heavy atom. The van der Waals surface area contributed by atoms with Crippen LogP contribution in [-0.2, 0) is 11.0 Å². The van der Waals surface area contributed by atoms with E-state index in [0.717, 1.165) is 12.5 Å². The van der Waals surface area contributed by atoms with Gasteiger partial charge in [0.25, 0.3) is 0 Å². The summed E-state index contributed by atoms with van der Waals surface area (Å²) in [5.74, 6) is -1.07. The molecule has 0 heterocycles. The lowest BCUT2D eigenvalue weighted by atomic mass is 9.76. The maximum absolute atomic E-state index is 13.1. The van der Waals surface area contributed by atoms with Crippen molar-refractivity contribution in [1.82, 2.24) is 4.90 Å². The fourth-order valence-electron chi connectivity index (χ4n) is 3.38. The Labute approximate surface area is 132 Å². The molecule has 0 aliphatic heterocycles. The van der Waals surface area contributed by atoms with Gasteiger partial charge in [0.2, 0.25) is 5.91 Å². The Kier molecular flexibility index (Phi) is 3.62. The lowest BCUT2D eigenvalue weighted by molar-refractivity contribution is -0.140. The van der Waals surface area contributed by atoms with E-state index in [2.05, 4.69) is 6.07 Å². The summed E-state index contributed by atoms with van der Waals surface area (Å²) in [6.45, 7) is 0. The number of benzene rings is 1. The summed E-state index contributed by atoms with van der Waals surface area (Å²) in [5.41, 5.74) is -1.23. The molecule has 0 N–H and O–H groups in total. The predicted molar refractivity (Wildman–Crippen MR) is 77.3 cm³/mol. The van der Waals surface area contributed by atoms with Gasteiger partial charge in [0.1, 0.15) is 5.54 Å². The highest BCUT2D eigenvalue weighted by Gasteiger charge is 2.52. The van der Waals surface area contributed by atoms with Gasteiger partial charge in [0.05, 0.1) is 11.6 Å². The molecule has 0 radical (unpaired) electrons. The van der Waals surface area contributed by atoms with Crippen LogP contribution in [0.5, 0.6) is 0 Å². The van der Waals surface area contributed by atoms with Gasteiger partial charge >= 0.3 is 6.18 Å². The van der Waals surface area contributed by atoms with E-state index in [1.807, 2.05) is 0 Å². The summed E-state index contributed by atoms with van der Waals surface area (Å²) in [5, 5.41) is 9.30. The zero-order valence-electron chi connectivity index (χ0n) is 12.7.